The van der Waals surface area contributed by atoms with Gasteiger partial charge in [-0.25, -0.2) is 0 Å². The normalized spacial score (nSPS) is 11.2. The van der Waals surface area contributed by atoms with Crippen LogP contribution in [-0.2, 0) is 13.2 Å². The van der Waals surface area contributed by atoms with Crippen molar-refractivity contribution in [2.24, 2.45) is 5.92 Å². The van der Waals surface area contributed by atoms with Crippen molar-refractivity contribution in [3.05, 3.63) is 58.7 Å². The number of ether oxygens (including phenoxy) is 1. The second-order valence-corrected chi connectivity index (χ2v) is 7.71. The Labute approximate surface area is 156 Å². The Bertz CT molecular complexity index is 842. The fourth-order valence-corrected chi connectivity index (χ4v) is 3.52. The molecule has 1 aromatic carbocycles. The van der Waals surface area contributed by atoms with Gasteiger partial charge in [0.15, 0.2) is 5.06 Å². The second kappa shape index (κ2) is 8.04. The van der Waals surface area contributed by atoms with Gasteiger partial charge >= 0.3 is 0 Å². The van der Waals surface area contributed by atoms with Gasteiger partial charge in [0.05, 0.1) is 36.0 Å². The summed E-state index contributed by atoms with van der Waals surface area (Å²) in [5, 5.41) is 15.6. The molecule has 2 aromatic heterocycles. The van der Waals surface area contributed by atoms with Gasteiger partial charge in [-0.05, 0) is 35.7 Å². The molecule has 0 atom stereocenters. The minimum atomic E-state index is -0.0927. The average Bonchev–Trinajstić information content (AvgIpc) is 3.21. The maximum atomic E-state index is 9.47. The van der Waals surface area contributed by atoms with Gasteiger partial charge in [-0.2, -0.15) is 5.10 Å². The number of aromatic nitrogens is 2. The Morgan fingerprint density at radius 2 is 2.04 bits per heavy atom. The Morgan fingerprint density at radius 1 is 1.24 bits per heavy atom. The molecule has 0 unspecified atom stereocenters. The number of thiophene rings is 1. The van der Waals surface area contributed by atoms with Crippen LogP contribution in [-0.4, -0.2) is 21.5 Å². The van der Waals surface area contributed by atoms with E-state index >= 15 is 0 Å². The van der Waals surface area contributed by atoms with Crippen molar-refractivity contribution in [1.82, 2.24) is 9.78 Å². The third-order valence-corrected chi connectivity index (χ3v) is 5.05. The van der Waals surface area contributed by atoms with Gasteiger partial charge < -0.3 is 9.84 Å². The number of rotatable bonds is 7. The van der Waals surface area contributed by atoms with E-state index in [0.717, 1.165) is 21.2 Å². The summed E-state index contributed by atoms with van der Waals surface area (Å²) in [6, 6.07) is 13.6. The molecule has 25 heavy (non-hydrogen) atoms. The molecule has 0 aliphatic heterocycles. The van der Waals surface area contributed by atoms with Gasteiger partial charge in [0, 0.05) is 5.02 Å². The molecule has 0 amide bonds. The molecule has 132 valence electrons. The van der Waals surface area contributed by atoms with Crippen LogP contribution < -0.4 is 4.74 Å². The van der Waals surface area contributed by atoms with Crippen molar-refractivity contribution in [3.63, 3.8) is 0 Å². The summed E-state index contributed by atoms with van der Waals surface area (Å²) in [5.41, 5.74) is 2.58. The number of aliphatic hydroxyl groups is 1. The molecule has 1 N–H and O–H groups in total. The molecule has 4 nitrogen and oxygen atoms in total. The summed E-state index contributed by atoms with van der Waals surface area (Å²) in [6.07, 6.45) is 0. The van der Waals surface area contributed by atoms with Gasteiger partial charge in [0.1, 0.15) is 0 Å². The maximum absolute atomic E-state index is 9.47. The molecule has 3 aromatic rings. The average molecular weight is 377 g/mol. The molecule has 0 aliphatic carbocycles. The highest BCUT2D eigenvalue weighted by molar-refractivity contribution is 7.17. The zero-order chi connectivity index (χ0) is 17.8. The molecule has 0 radical (unpaired) electrons. The molecular formula is C19H21ClN2O2S. The van der Waals surface area contributed by atoms with Crippen LogP contribution in [0, 0.1) is 5.92 Å². The van der Waals surface area contributed by atoms with E-state index in [9.17, 15) is 5.11 Å². The number of nitrogens with zero attached hydrogens (tertiary/aromatic N) is 2. The Kier molecular flexibility index (Phi) is 5.78. The summed E-state index contributed by atoms with van der Waals surface area (Å²) < 4.78 is 7.68. The van der Waals surface area contributed by atoms with Gasteiger partial charge in [-0.3, -0.25) is 4.68 Å². The number of benzene rings is 1. The van der Waals surface area contributed by atoms with Crippen molar-refractivity contribution in [1.29, 1.82) is 0 Å². The fraction of sp³-hybridized carbons (Fsp3) is 0.316. The van der Waals surface area contributed by atoms with E-state index in [2.05, 4.69) is 18.9 Å². The molecule has 6 heteroatoms. The molecule has 0 saturated heterocycles. The van der Waals surface area contributed by atoms with Gasteiger partial charge in [0.25, 0.3) is 0 Å². The molecule has 3 rings (SSSR count). The fourth-order valence-electron chi connectivity index (χ4n) is 2.44. The van der Waals surface area contributed by atoms with E-state index in [-0.39, 0.29) is 6.61 Å². The first-order chi connectivity index (χ1) is 12.1. The van der Waals surface area contributed by atoms with Crippen LogP contribution in [0.4, 0.5) is 0 Å². The van der Waals surface area contributed by atoms with Crippen molar-refractivity contribution in [3.8, 4) is 15.6 Å². The minimum Gasteiger partial charge on any atom is -0.484 e. The monoisotopic (exact) mass is 376 g/mol. The van der Waals surface area contributed by atoms with Gasteiger partial charge in [0.2, 0.25) is 0 Å². The van der Waals surface area contributed by atoms with Crippen LogP contribution in [0.15, 0.2) is 42.5 Å². The third-order valence-electron chi connectivity index (χ3n) is 3.66. The lowest BCUT2D eigenvalue weighted by atomic mass is 10.2. The lowest BCUT2D eigenvalue weighted by molar-refractivity contribution is 0.275. The zero-order valence-corrected chi connectivity index (χ0v) is 15.8. The van der Waals surface area contributed by atoms with E-state index < -0.39 is 0 Å². The van der Waals surface area contributed by atoms with Crippen molar-refractivity contribution in [2.45, 2.75) is 27.0 Å². The summed E-state index contributed by atoms with van der Waals surface area (Å²) in [5.74, 6) is 0.484. The van der Waals surface area contributed by atoms with Crippen LogP contribution in [0.1, 0.15) is 25.1 Å². The first-order valence-electron chi connectivity index (χ1n) is 8.21. The zero-order valence-electron chi connectivity index (χ0n) is 14.3. The standard InChI is InChI=1S/C19H21ClN2O2S/c1-13(2)12-24-19-8-7-18(25-19)17-9-15(11-23)21-22(17)10-14-5-3-4-6-16(14)20/h3-9,13,23H,10-12H2,1-2H3. The van der Waals surface area contributed by atoms with Crippen LogP contribution in [0.3, 0.4) is 0 Å². The Morgan fingerprint density at radius 3 is 2.76 bits per heavy atom. The lowest BCUT2D eigenvalue weighted by Gasteiger charge is -2.08. The predicted molar refractivity (Wildman–Crippen MR) is 102 cm³/mol. The smallest absolute Gasteiger partial charge is 0.174 e. The first-order valence-corrected chi connectivity index (χ1v) is 9.40. The molecule has 2 heterocycles. The van der Waals surface area contributed by atoms with E-state index in [0.29, 0.717) is 29.8 Å². The summed E-state index contributed by atoms with van der Waals surface area (Å²) in [7, 11) is 0. The molecule has 0 bridgehead atoms. The molecule has 0 aliphatic rings. The van der Waals surface area contributed by atoms with Crippen molar-refractivity contribution in [2.75, 3.05) is 6.61 Å². The molecule has 0 fully saturated rings. The van der Waals surface area contributed by atoms with E-state index in [1.54, 1.807) is 11.3 Å². The first kappa shape index (κ1) is 18.0. The highest BCUT2D eigenvalue weighted by Crippen LogP contribution is 2.34. The van der Waals surface area contributed by atoms with Crippen LogP contribution in [0.25, 0.3) is 10.6 Å². The molecule has 0 saturated carbocycles. The highest BCUT2D eigenvalue weighted by atomic mass is 35.5. The van der Waals surface area contributed by atoms with E-state index in [4.69, 9.17) is 16.3 Å². The maximum Gasteiger partial charge on any atom is 0.174 e. The Balaban J connectivity index is 1.88. The van der Waals surface area contributed by atoms with Crippen molar-refractivity contribution < 1.29 is 9.84 Å². The second-order valence-electron chi connectivity index (χ2n) is 6.25. The third kappa shape index (κ3) is 4.42. The minimum absolute atomic E-state index is 0.0927. The molecule has 0 spiro atoms. The summed E-state index contributed by atoms with van der Waals surface area (Å²) in [4.78, 5) is 1.05. The summed E-state index contributed by atoms with van der Waals surface area (Å²) >= 11 is 7.86. The largest absolute Gasteiger partial charge is 0.484 e. The summed E-state index contributed by atoms with van der Waals surface area (Å²) in [6.45, 7) is 5.40. The number of aliphatic hydroxyl groups excluding tert-OH is 1. The van der Waals surface area contributed by atoms with E-state index in [1.165, 1.54) is 0 Å². The quantitative estimate of drug-likeness (QED) is 0.641. The van der Waals surface area contributed by atoms with Crippen LogP contribution in [0.2, 0.25) is 5.02 Å². The highest BCUT2D eigenvalue weighted by Gasteiger charge is 2.14. The van der Waals surface area contributed by atoms with Crippen LogP contribution >= 0.6 is 22.9 Å². The number of halogens is 1. The lowest BCUT2D eigenvalue weighted by Crippen LogP contribution is -2.04. The topological polar surface area (TPSA) is 47.3 Å². The Hall–Kier alpha value is -1.82. The number of hydrogen-bond acceptors (Lipinski definition) is 4. The number of hydrogen-bond donors (Lipinski definition) is 1. The SMILES string of the molecule is CC(C)COc1ccc(-c2cc(CO)nn2Cc2ccccc2Cl)s1. The van der Waals surface area contributed by atoms with Crippen molar-refractivity contribution >= 4 is 22.9 Å². The van der Waals surface area contributed by atoms with Gasteiger partial charge in [-0.1, -0.05) is 55.0 Å². The van der Waals surface area contributed by atoms with E-state index in [1.807, 2.05) is 47.1 Å². The van der Waals surface area contributed by atoms with Crippen LogP contribution in [0.5, 0.6) is 5.06 Å². The predicted octanol–water partition coefficient (Wildman–Crippen LogP) is 4.84. The van der Waals surface area contributed by atoms with Gasteiger partial charge in [-0.15, -0.1) is 0 Å². The molecular weight excluding hydrogens is 356 g/mol.